The predicted octanol–water partition coefficient (Wildman–Crippen LogP) is 29.8. The Bertz CT molecular complexity index is 8180. The molecule has 0 aliphatic heterocycles. The minimum Gasteiger partial charge on any atom is -0.309 e. The Kier molecular flexibility index (Phi) is 16.2. The zero-order chi connectivity index (χ0) is 80.7. The lowest BCUT2D eigenvalue weighted by Gasteiger charge is -2.22. The summed E-state index contributed by atoms with van der Waals surface area (Å²) in [7, 11) is 0. The minimum absolute atomic E-state index is 0.155. The first-order valence-corrected chi connectivity index (χ1v) is 41.9. The lowest BCUT2D eigenvalue weighted by molar-refractivity contribution is 0.660. The van der Waals surface area contributed by atoms with Gasteiger partial charge in [0.05, 0.1) is 55.9 Å². The van der Waals surface area contributed by atoms with E-state index in [1.807, 2.05) is 12.1 Å². The van der Waals surface area contributed by atoms with Gasteiger partial charge in [-0.15, -0.1) is 0 Å². The van der Waals surface area contributed by atoms with Crippen LogP contribution < -0.4 is 0 Å². The van der Waals surface area contributed by atoms with E-state index in [1.54, 1.807) is 0 Å². The fourth-order valence-electron chi connectivity index (χ4n) is 19.7. The second-order valence-corrected chi connectivity index (χ2v) is 32.8. The van der Waals surface area contributed by atoms with E-state index in [-0.39, 0.29) is 5.41 Å². The van der Waals surface area contributed by atoms with Crippen LogP contribution in [-0.2, 0) is 5.41 Å². The van der Waals surface area contributed by atoms with Crippen LogP contribution in [0.2, 0.25) is 0 Å². The highest BCUT2D eigenvalue weighted by Gasteiger charge is 2.36. The van der Waals surface area contributed by atoms with Gasteiger partial charge in [-0.05, 0) is 191 Å². The molecule has 1 aliphatic rings. The van der Waals surface area contributed by atoms with E-state index in [0.717, 1.165) is 172 Å². The summed E-state index contributed by atoms with van der Waals surface area (Å²) >= 11 is 0. The molecule has 7 heteroatoms. The Morgan fingerprint density at radius 1 is 0.172 bits per heavy atom. The van der Waals surface area contributed by atoms with Crippen LogP contribution in [0, 0.1) is 0 Å². The van der Waals surface area contributed by atoms with Crippen LogP contribution in [0.5, 0.6) is 0 Å². The number of nitrogens with zero attached hydrogens (tertiary/aromatic N) is 7. The second-order valence-electron chi connectivity index (χ2n) is 32.8. The summed E-state index contributed by atoms with van der Waals surface area (Å²) in [6, 6.07) is 153. The maximum absolute atomic E-state index is 5.44. The van der Waals surface area contributed by atoms with Crippen molar-refractivity contribution < 1.29 is 0 Å². The van der Waals surface area contributed by atoms with Gasteiger partial charge in [0.25, 0.3) is 0 Å². The maximum Gasteiger partial charge on any atom is 0.160 e. The Morgan fingerprint density at radius 3 is 1.03 bits per heavy atom. The van der Waals surface area contributed by atoms with Crippen LogP contribution in [0.15, 0.2) is 419 Å². The average molecular weight is 1550 g/mol. The largest absolute Gasteiger partial charge is 0.309 e. The molecule has 0 unspecified atom stereocenters. The van der Waals surface area contributed by atoms with E-state index in [4.69, 9.17) is 19.9 Å². The molecule has 18 aromatic carbocycles. The van der Waals surface area contributed by atoms with Gasteiger partial charge in [0.15, 0.2) is 11.6 Å². The van der Waals surface area contributed by atoms with E-state index in [9.17, 15) is 0 Å². The third kappa shape index (κ3) is 11.5. The number of hydrogen-bond acceptors (Lipinski definition) is 4. The number of para-hydroxylation sites is 4. The molecule has 0 radical (unpaired) electrons. The van der Waals surface area contributed by atoms with Crippen LogP contribution >= 0.6 is 0 Å². The van der Waals surface area contributed by atoms with Crippen molar-refractivity contribution in [2.24, 2.45) is 0 Å². The van der Waals surface area contributed by atoms with Crippen molar-refractivity contribution in [2.45, 2.75) is 19.3 Å². The Labute approximate surface area is 705 Å². The summed E-state index contributed by atoms with van der Waals surface area (Å²) in [5, 5.41) is 11.6. The summed E-state index contributed by atoms with van der Waals surface area (Å²) < 4.78 is 7.39. The van der Waals surface area contributed by atoms with Crippen LogP contribution in [-0.4, -0.2) is 33.6 Å². The first-order chi connectivity index (χ1) is 60.2. The van der Waals surface area contributed by atoms with E-state index in [2.05, 4.69) is 434 Å². The van der Waals surface area contributed by atoms with Crippen LogP contribution in [0.25, 0.3) is 227 Å². The van der Waals surface area contributed by atoms with Gasteiger partial charge in [-0.25, -0.2) is 19.9 Å². The molecule has 0 bridgehead atoms. The third-order valence-corrected chi connectivity index (χ3v) is 25.5. The molecule has 0 spiro atoms. The van der Waals surface area contributed by atoms with Crippen molar-refractivity contribution in [2.75, 3.05) is 0 Å². The quantitative estimate of drug-likeness (QED) is 0.115. The van der Waals surface area contributed by atoms with Gasteiger partial charge in [-0.1, -0.05) is 329 Å². The Hall–Kier alpha value is -16.0. The molecule has 570 valence electrons. The molecule has 0 saturated heterocycles. The number of rotatable bonds is 13. The third-order valence-electron chi connectivity index (χ3n) is 25.5. The van der Waals surface area contributed by atoms with Crippen molar-refractivity contribution in [1.29, 1.82) is 0 Å². The summed E-state index contributed by atoms with van der Waals surface area (Å²) in [4.78, 5) is 21.5. The first kappa shape index (κ1) is 70.3. The summed E-state index contributed by atoms with van der Waals surface area (Å²) in [5.41, 5.74) is 33.7. The average Bonchev–Trinajstić information content (AvgIpc) is 1.58. The highest BCUT2D eigenvalue weighted by molar-refractivity contribution is 6.15. The van der Waals surface area contributed by atoms with Crippen LogP contribution in [0.1, 0.15) is 25.0 Å². The topological polar surface area (TPSA) is 66.3 Å². The monoisotopic (exact) mass is 1550 g/mol. The van der Waals surface area contributed by atoms with Gasteiger partial charge in [0, 0.05) is 88.2 Å². The fraction of sp³-hybridized carbons (Fsp3) is 0.0261. The fourth-order valence-corrected chi connectivity index (χ4v) is 19.7. The molecular weight excluding hydrogens is 1480 g/mol. The minimum atomic E-state index is -0.155. The molecule has 1 aliphatic carbocycles. The number of benzene rings is 18. The molecule has 7 nitrogen and oxygen atoms in total. The molecule has 5 heterocycles. The number of hydrogen-bond donors (Lipinski definition) is 0. The molecule has 5 aromatic heterocycles. The highest BCUT2D eigenvalue weighted by Crippen LogP contribution is 2.51. The lowest BCUT2D eigenvalue weighted by atomic mass is 9.82. The van der Waals surface area contributed by atoms with Crippen LogP contribution in [0.3, 0.4) is 0 Å². The van der Waals surface area contributed by atoms with Gasteiger partial charge in [-0.3, -0.25) is 0 Å². The number of fused-ring (bicyclic) bond motifs is 14. The van der Waals surface area contributed by atoms with Crippen molar-refractivity contribution in [3.8, 4) is 141 Å². The van der Waals surface area contributed by atoms with Crippen molar-refractivity contribution in [3.05, 3.63) is 430 Å². The second kappa shape index (κ2) is 28.1. The van der Waals surface area contributed by atoms with E-state index >= 15 is 0 Å². The first-order valence-electron chi connectivity index (χ1n) is 41.9. The van der Waals surface area contributed by atoms with E-state index in [0.29, 0.717) is 11.6 Å². The summed E-state index contributed by atoms with van der Waals surface area (Å²) in [6.07, 6.45) is 0. The van der Waals surface area contributed by atoms with Gasteiger partial charge >= 0.3 is 0 Å². The highest BCUT2D eigenvalue weighted by atomic mass is 15.0. The normalized spacial score (nSPS) is 12.4. The molecular formula is C115H75N7. The maximum atomic E-state index is 5.44. The van der Waals surface area contributed by atoms with Gasteiger partial charge in [0.2, 0.25) is 0 Å². The molecule has 0 N–H and O–H groups in total. The molecule has 24 rings (SSSR count). The predicted molar refractivity (Wildman–Crippen MR) is 508 cm³/mol. The number of aromatic nitrogens is 7. The Morgan fingerprint density at radius 2 is 0.508 bits per heavy atom. The molecule has 122 heavy (non-hydrogen) atoms. The molecule has 0 amide bonds. The molecule has 0 fully saturated rings. The zero-order valence-electron chi connectivity index (χ0n) is 67.0. The smallest absolute Gasteiger partial charge is 0.160 e. The van der Waals surface area contributed by atoms with Gasteiger partial charge in [-0.2, -0.15) is 0 Å². The molecule has 0 saturated carbocycles. The SMILES string of the molecule is CC1(C)c2ccccc2-c2ccc(-c3cc(-c4ccc(-c5cccc(-n6c7ccccc7c7cc(-c8ccc9c(c8)c8ccccc8n9-c8cc(-c9ccc(-c%10cc(-c%11cccc(-c%12ccccc%12)c%11)nc(-c%11ccccc%11)n%10)c%10ccccc9%10)cc(-n9c%10ccccc%10c%10ccccc%109)c8)ccc76)c5)c5ccccc45)nc(-c4ccccc4)n3)cc21. The zero-order valence-corrected chi connectivity index (χ0v) is 67.0. The lowest BCUT2D eigenvalue weighted by Crippen LogP contribution is -2.14. The Balaban J connectivity index is 0.611. The van der Waals surface area contributed by atoms with Gasteiger partial charge in [0.1, 0.15) is 0 Å². The summed E-state index contributed by atoms with van der Waals surface area (Å²) in [5.74, 6) is 1.37. The van der Waals surface area contributed by atoms with Gasteiger partial charge < -0.3 is 13.7 Å². The van der Waals surface area contributed by atoms with Crippen molar-refractivity contribution in [3.63, 3.8) is 0 Å². The standard InChI is InChI=1S/C115H75N7/c1-115(2)101-47-21-16-42-91(101)92-55-52-80(68-102(92)115)104-71-106(119-114(117-104)74-32-10-5-11-33-74)93-58-56-85(87-38-12-14-40-89(87)93)78-35-27-37-82(63-78)120-109-50-24-19-45-97(109)99-66-76(53-60-111(99)120)77-54-61-112-100(67-77)98-46-20-25-51-110(98)122(112)84-65-81(64-83(69-84)121-107-48-22-17-43-95(107)96-44-18-23-49-108(96)121)86-57-59-94(90-41-15-13-39-88(86)90)105-70-103(116-113(118-105)73-30-8-4-9-31-73)79-36-26-34-75(62-79)72-28-6-3-7-29-72/h3-71H,1-2H3. The van der Waals surface area contributed by atoms with Crippen molar-refractivity contribution >= 4 is 87.0 Å². The van der Waals surface area contributed by atoms with Crippen molar-refractivity contribution in [1.82, 2.24) is 33.6 Å². The van der Waals surface area contributed by atoms with Crippen LogP contribution in [0.4, 0.5) is 0 Å². The molecule has 0 atom stereocenters. The van der Waals surface area contributed by atoms with E-state index in [1.165, 1.54) is 54.6 Å². The molecule has 23 aromatic rings. The summed E-state index contributed by atoms with van der Waals surface area (Å²) in [6.45, 7) is 4.67. The van der Waals surface area contributed by atoms with E-state index < -0.39 is 0 Å².